The van der Waals surface area contributed by atoms with Crippen molar-refractivity contribution in [2.45, 2.75) is 90.2 Å². The fourth-order valence-electron chi connectivity index (χ4n) is 3.86. The Morgan fingerprint density at radius 3 is 2.31 bits per heavy atom. The number of ether oxygens (including phenoxy) is 1. The predicted octanol–water partition coefficient (Wildman–Crippen LogP) is 5.57. The summed E-state index contributed by atoms with van der Waals surface area (Å²) in [5.74, 6) is 0. The topological polar surface area (TPSA) is 70.7 Å². The Labute approximate surface area is 195 Å². The molecule has 0 spiro atoms. The maximum absolute atomic E-state index is 12.0. The Hall–Kier alpha value is -2.08. The number of alkyl carbamates (subject to hydrolysis) is 1. The fourth-order valence-corrected chi connectivity index (χ4v) is 3.86. The number of carbonyl (C=O) groups excluding carboxylic acids is 2. The number of unbranched alkanes of at least 4 members (excludes halogenated alkanes) is 8. The number of hydrogen-bond acceptors (Lipinski definition) is 4. The van der Waals surface area contributed by atoms with E-state index in [-0.39, 0.29) is 12.6 Å². The second-order valence-corrected chi connectivity index (χ2v) is 8.81. The molecular formula is C26H45N3O3. The van der Waals surface area contributed by atoms with Crippen LogP contribution in [-0.4, -0.2) is 44.6 Å². The molecule has 182 valence electrons. The van der Waals surface area contributed by atoms with E-state index in [4.69, 9.17) is 4.74 Å². The zero-order valence-corrected chi connectivity index (χ0v) is 20.5. The number of nitrogens with zero attached hydrogens (tertiary/aromatic N) is 1. The van der Waals surface area contributed by atoms with Crippen molar-refractivity contribution < 1.29 is 14.3 Å². The molecular weight excluding hydrogens is 402 g/mol. The molecule has 0 aliphatic carbocycles. The zero-order chi connectivity index (χ0) is 23.4. The average molecular weight is 448 g/mol. The first-order valence-corrected chi connectivity index (χ1v) is 12.4. The Bertz CT molecular complexity index is 622. The van der Waals surface area contributed by atoms with Crippen molar-refractivity contribution >= 4 is 12.5 Å². The van der Waals surface area contributed by atoms with E-state index in [9.17, 15) is 9.59 Å². The van der Waals surface area contributed by atoms with Crippen molar-refractivity contribution in [2.75, 3.05) is 27.2 Å². The molecule has 1 atom stereocenters. The number of benzene rings is 1. The summed E-state index contributed by atoms with van der Waals surface area (Å²) in [6, 6.07) is 7.83. The van der Waals surface area contributed by atoms with Crippen LogP contribution in [0.25, 0.3) is 0 Å². The van der Waals surface area contributed by atoms with E-state index in [0.29, 0.717) is 6.54 Å². The number of amides is 2. The molecule has 0 saturated heterocycles. The Morgan fingerprint density at radius 2 is 1.66 bits per heavy atom. The Balaban J connectivity index is 2.43. The maximum atomic E-state index is 12.0. The van der Waals surface area contributed by atoms with Crippen molar-refractivity contribution in [1.82, 2.24) is 15.5 Å². The standard InChI is InChI=1S/C26H45N3O3/c1-4-5-6-7-8-9-10-11-12-18-25(28-22-30)24-17-14-13-16-23(24)21-32-26(31)27-19-15-20-29(2)3/h13-14,16-17,22,25H,4-12,15,18-21H2,1-3H3,(H,27,31)(H,28,30). The monoisotopic (exact) mass is 447 g/mol. The van der Waals surface area contributed by atoms with Crippen molar-refractivity contribution in [2.24, 2.45) is 0 Å². The third-order valence-electron chi connectivity index (χ3n) is 5.71. The van der Waals surface area contributed by atoms with Crippen LogP contribution in [0.1, 0.15) is 94.7 Å². The van der Waals surface area contributed by atoms with Crippen LogP contribution >= 0.6 is 0 Å². The first-order valence-electron chi connectivity index (χ1n) is 12.4. The van der Waals surface area contributed by atoms with Crippen LogP contribution in [0.3, 0.4) is 0 Å². The van der Waals surface area contributed by atoms with Gasteiger partial charge in [-0.1, -0.05) is 89.0 Å². The summed E-state index contributed by atoms with van der Waals surface area (Å²) in [5.41, 5.74) is 1.96. The highest BCUT2D eigenvalue weighted by atomic mass is 16.5. The summed E-state index contributed by atoms with van der Waals surface area (Å²) < 4.78 is 5.42. The lowest BCUT2D eigenvalue weighted by molar-refractivity contribution is -0.110. The van der Waals surface area contributed by atoms with Gasteiger partial charge in [0.15, 0.2) is 0 Å². The number of nitrogens with one attached hydrogen (secondary N) is 2. The largest absolute Gasteiger partial charge is 0.445 e. The highest BCUT2D eigenvalue weighted by molar-refractivity contribution is 5.67. The normalized spacial score (nSPS) is 11.9. The van der Waals surface area contributed by atoms with Gasteiger partial charge in [-0.05, 0) is 44.6 Å². The van der Waals surface area contributed by atoms with E-state index < -0.39 is 6.09 Å². The van der Waals surface area contributed by atoms with Crippen molar-refractivity contribution in [3.63, 3.8) is 0 Å². The first-order chi connectivity index (χ1) is 15.6. The van der Waals surface area contributed by atoms with Crippen LogP contribution in [0.4, 0.5) is 4.79 Å². The number of hydrogen-bond donors (Lipinski definition) is 2. The number of carbonyl (C=O) groups is 2. The van der Waals surface area contributed by atoms with Crippen LogP contribution < -0.4 is 10.6 Å². The Morgan fingerprint density at radius 1 is 1.00 bits per heavy atom. The van der Waals surface area contributed by atoms with Crippen molar-refractivity contribution in [3.05, 3.63) is 35.4 Å². The summed E-state index contributed by atoms with van der Waals surface area (Å²) in [6.07, 6.45) is 13.6. The molecule has 1 rings (SSSR count). The summed E-state index contributed by atoms with van der Waals surface area (Å²) in [7, 11) is 4.02. The molecule has 6 heteroatoms. The van der Waals surface area contributed by atoms with Gasteiger partial charge in [0.05, 0.1) is 6.04 Å². The van der Waals surface area contributed by atoms with E-state index in [1.54, 1.807) is 0 Å². The Kier molecular flexibility index (Phi) is 16.1. The van der Waals surface area contributed by atoms with Crippen molar-refractivity contribution in [1.29, 1.82) is 0 Å². The van der Waals surface area contributed by atoms with Gasteiger partial charge in [0, 0.05) is 6.54 Å². The maximum Gasteiger partial charge on any atom is 0.407 e. The van der Waals surface area contributed by atoms with Crippen LogP contribution in [0, 0.1) is 0 Å². The van der Waals surface area contributed by atoms with Gasteiger partial charge in [-0.2, -0.15) is 0 Å². The van der Waals surface area contributed by atoms with E-state index in [2.05, 4.69) is 22.5 Å². The van der Waals surface area contributed by atoms with Gasteiger partial charge in [-0.25, -0.2) is 4.79 Å². The second kappa shape index (κ2) is 18.5. The SMILES string of the molecule is CCCCCCCCCCCC(NC=O)c1ccccc1COC(=O)NCCCN(C)C. The van der Waals surface area contributed by atoms with E-state index in [1.165, 1.54) is 51.4 Å². The van der Waals surface area contributed by atoms with Gasteiger partial charge in [-0.15, -0.1) is 0 Å². The van der Waals surface area contributed by atoms with Gasteiger partial charge >= 0.3 is 6.09 Å². The molecule has 1 unspecified atom stereocenters. The van der Waals surface area contributed by atoms with Crippen molar-refractivity contribution in [3.8, 4) is 0 Å². The van der Waals surface area contributed by atoms with Crippen LogP contribution in [0.5, 0.6) is 0 Å². The third kappa shape index (κ3) is 13.4. The average Bonchev–Trinajstić information content (AvgIpc) is 2.79. The van der Waals surface area contributed by atoms with Crippen LogP contribution in [0.15, 0.2) is 24.3 Å². The lowest BCUT2D eigenvalue weighted by Gasteiger charge is -2.20. The summed E-state index contributed by atoms with van der Waals surface area (Å²) in [5, 5.41) is 5.76. The minimum absolute atomic E-state index is 0.0555. The predicted molar refractivity (Wildman–Crippen MR) is 132 cm³/mol. The molecule has 0 aliphatic rings. The molecule has 2 N–H and O–H groups in total. The van der Waals surface area contributed by atoms with Gasteiger partial charge in [0.1, 0.15) is 6.61 Å². The number of rotatable bonds is 19. The summed E-state index contributed by atoms with van der Waals surface area (Å²) >= 11 is 0. The van der Waals surface area contributed by atoms with E-state index in [0.717, 1.165) is 43.3 Å². The third-order valence-corrected chi connectivity index (χ3v) is 5.71. The summed E-state index contributed by atoms with van der Waals surface area (Å²) in [6.45, 7) is 3.95. The molecule has 32 heavy (non-hydrogen) atoms. The first kappa shape index (κ1) is 28.0. The van der Waals surface area contributed by atoms with Crippen LogP contribution in [-0.2, 0) is 16.1 Å². The molecule has 1 aromatic carbocycles. The van der Waals surface area contributed by atoms with Gasteiger partial charge in [0.2, 0.25) is 6.41 Å². The van der Waals surface area contributed by atoms with E-state index in [1.807, 2.05) is 38.4 Å². The van der Waals surface area contributed by atoms with Gasteiger partial charge in [-0.3, -0.25) is 4.79 Å². The van der Waals surface area contributed by atoms with Gasteiger partial charge < -0.3 is 20.3 Å². The molecule has 0 saturated carbocycles. The molecule has 0 aliphatic heterocycles. The minimum Gasteiger partial charge on any atom is -0.445 e. The molecule has 0 bridgehead atoms. The highest BCUT2D eigenvalue weighted by Crippen LogP contribution is 2.24. The second-order valence-electron chi connectivity index (χ2n) is 8.81. The molecule has 1 aromatic rings. The van der Waals surface area contributed by atoms with E-state index >= 15 is 0 Å². The summed E-state index contributed by atoms with van der Waals surface area (Å²) in [4.78, 5) is 25.3. The quantitative estimate of drug-likeness (QED) is 0.215. The van der Waals surface area contributed by atoms with Gasteiger partial charge in [0.25, 0.3) is 0 Å². The molecule has 2 amide bonds. The molecule has 6 nitrogen and oxygen atoms in total. The molecule has 0 radical (unpaired) electrons. The highest BCUT2D eigenvalue weighted by Gasteiger charge is 2.15. The fraction of sp³-hybridized carbons (Fsp3) is 0.692. The zero-order valence-electron chi connectivity index (χ0n) is 20.5. The minimum atomic E-state index is -0.405. The molecule has 0 aromatic heterocycles. The molecule has 0 fully saturated rings. The van der Waals surface area contributed by atoms with Crippen LogP contribution in [0.2, 0.25) is 0 Å². The molecule has 0 heterocycles. The lowest BCUT2D eigenvalue weighted by Crippen LogP contribution is -2.28. The lowest BCUT2D eigenvalue weighted by atomic mass is 9.95. The smallest absolute Gasteiger partial charge is 0.407 e.